The van der Waals surface area contributed by atoms with E-state index >= 15 is 0 Å². The Morgan fingerprint density at radius 3 is 2.41 bits per heavy atom. The van der Waals surface area contributed by atoms with Gasteiger partial charge in [0.2, 0.25) is 0 Å². The van der Waals surface area contributed by atoms with Gasteiger partial charge in [0.1, 0.15) is 11.6 Å². The number of piperazine rings is 1. The molecule has 0 bridgehead atoms. The van der Waals surface area contributed by atoms with E-state index in [1.54, 1.807) is 12.1 Å². The molecule has 2 aromatic carbocycles. The summed E-state index contributed by atoms with van der Waals surface area (Å²) in [4.78, 5) is 17.0. The maximum Gasteiger partial charge on any atom is 0.267 e. The van der Waals surface area contributed by atoms with Gasteiger partial charge >= 0.3 is 0 Å². The van der Waals surface area contributed by atoms with E-state index in [0.717, 1.165) is 37.6 Å². The average Bonchev–Trinajstić information content (AvgIpc) is 2.72. The Morgan fingerprint density at radius 1 is 1.10 bits per heavy atom. The molecule has 1 saturated heterocycles. The molecule has 1 amide bonds. The summed E-state index contributed by atoms with van der Waals surface area (Å²) in [5, 5.41) is 15.7. The molecule has 1 aliphatic rings. The van der Waals surface area contributed by atoms with E-state index in [0.29, 0.717) is 15.7 Å². The Kier molecular flexibility index (Phi) is 6.99. The predicted octanol–water partition coefficient (Wildman–Crippen LogP) is 4.20. The normalized spacial score (nSPS) is 15.0. The van der Waals surface area contributed by atoms with Crippen LogP contribution in [-0.4, -0.2) is 44.0 Å². The van der Waals surface area contributed by atoms with Crippen molar-refractivity contribution in [1.29, 1.82) is 5.26 Å². The number of carbonyl (C=O) groups excluding carboxylic acids is 1. The summed E-state index contributed by atoms with van der Waals surface area (Å²) in [7, 11) is 2.13. The second kappa shape index (κ2) is 9.66. The van der Waals surface area contributed by atoms with Crippen molar-refractivity contribution in [3.8, 4) is 6.07 Å². The van der Waals surface area contributed by atoms with Gasteiger partial charge in [0.25, 0.3) is 5.91 Å². The Balaban J connectivity index is 1.62. The van der Waals surface area contributed by atoms with Gasteiger partial charge in [0, 0.05) is 48.8 Å². The number of likely N-dealkylation sites (N-methyl/N-ethyl adjacent to an activating group) is 1. The minimum Gasteiger partial charge on any atom is -0.369 e. The highest BCUT2D eigenvalue weighted by molar-refractivity contribution is 6.36. The second-order valence-electron chi connectivity index (χ2n) is 6.73. The van der Waals surface area contributed by atoms with Gasteiger partial charge in [0.05, 0.1) is 10.7 Å². The maximum absolute atomic E-state index is 12.3. The summed E-state index contributed by atoms with van der Waals surface area (Å²) < 4.78 is 0. The molecule has 6 nitrogen and oxygen atoms in total. The van der Waals surface area contributed by atoms with Gasteiger partial charge < -0.3 is 20.4 Å². The van der Waals surface area contributed by atoms with Crippen molar-refractivity contribution in [2.24, 2.45) is 0 Å². The van der Waals surface area contributed by atoms with Crippen molar-refractivity contribution in [3.63, 3.8) is 0 Å². The van der Waals surface area contributed by atoms with Crippen LogP contribution in [0.25, 0.3) is 0 Å². The minimum atomic E-state index is -0.557. The third-order valence-corrected chi connectivity index (χ3v) is 5.21. The second-order valence-corrected chi connectivity index (χ2v) is 7.57. The highest BCUT2D eigenvalue weighted by Crippen LogP contribution is 2.26. The highest BCUT2D eigenvalue weighted by Gasteiger charge is 2.14. The lowest BCUT2D eigenvalue weighted by molar-refractivity contribution is -0.112. The third kappa shape index (κ3) is 5.64. The molecule has 2 N–H and O–H groups in total. The average molecular weight is 430 g/mol. The summed E-state index contributed by atoms with van der Waals surface area (Å²) in [5.41, 5.74) is 2.26. The SMILES string of the molecule is CN1CCN(c2ccc(N/C=C(/C#N)C(=O)Nc3ccc(Cl)cc3Cl)cc2)CC1. The van der Waals surface area contributed by atoms with Crippen molar-refractivity contribution in [3.05, 3.63) is 64.3 Å². The molecule has 0 saturated carbocycles. The number of nitrogens with zero attached hydrogens (tertiary/aromatic N) is 3. The zero-order chi connectivity index (χ0) is 20.8. The Bertz CT molecular complexity index is 945. The van der Waals surface area contributed by atoms with Crippen LogP contribution in [0, 0.1) is 11.3 Å². The number of halogens is 2. The topological polar surface area (TPSA) is 71.4 Å². The first kappa shape index (κ1) is 21.0. The summed E-state index contributed by atoms with van der Waals surface area (Å²) in [6.07, 6.45) is 1.38. The lowest BCUT2D eigenvalue weighted by Gasteiger charge is -2.34. The molecule has 0 aromatic heterocycles. The van der Waals surface area contributed by atoms with Crippen LogP contribution in [-0.2, 0) is 4.79 Å². The summed E-state index contributed by atoms with van der Waals surface area (Å²) in [6, 6.07) is 14.5. The summed E-state index contributed by atoms with van der Waals surface area (Å²) in [5.74, 6) is -0.557. The predicted molar refractivity (Wildman–Crippen MR) is 119 cm³/mol. The van der Waals surface area contributed by atoms with Crippen LogP contribution in [0.1, 0.15) is 0 Å². The number of rotatable bonds is 5. The monoisotopic (exact) mass is 429 g/mol. The lowest BCUT2D eigenvalue weighted by atomic mass is 10.2. The number of nitriles is 1. The standard InChI is InChI=1S/C21H21Cl2N5O/c1-27-8-10-28(11-9-27)18-5-3-17(4-6-18)25-14-15(13-24)21(29)26-20-7-2-16(22)12-19(20)23/h2-7,12,14,25H,8-11H2,1H3,(H,26,29)/b15-14-. The number of hydrogen-bond donors (Lipinski definition) is 2. The van der Waals surface area contributed by atoms with Gasteiger partial charge in [-0.3, -0.25) is 4.79 Å². The van der Waals surface area contributed by atoms with Crippen LogP contribution >= 0.6 is 23.2 Å². The number of anilines is 3. The van der Waals surface area contributed by atoms with Crippen LogP contribution in [0.5, 0.6) is 0 Å². The number of hydrogen-bond acceptors (Lipinski definition) is 5. The first-order valence-electron chi connectivity index (χ1n) is 9.13. The molecular weight excluding hydrogens is 409 g/mol. The van der Waals surface area contributed by atoms with Gasteiger partial charge in [-0.05, 0) is 49.5 Å². The molecule has 1 fully saturated rings. The van der Waals surface area contributed by atoms with Crippen LogP contribution < -0.4 is 15.5 Å². The zero-order valence-electron chi connectivity index (χ0n) is 16.0. The van der Waals surface area contributed by atoms with E-state index in [1.807, 2.05) is 30.3 Å². The van der Waals surface area contributed by atoms with E-state index in [1.165, 1.54) is 12.3 Å². The molecule has 0 spiro atoms. The first-order valence-corrected chi connectivity index (χ1v) is 9.88. The largest absolute Gasteiger partial charge is 0.369 e. The fourth-order valence-corrected chi connectivity index (χ4v) is 3.37. The smallest absolute Gasteiger partial charge is 0.267 e. The van der Waals surface area contributed by atoms with Crippen molar-refractivity contribution in [2.75, 3.05) is 48.8 Å². The van der Waals surface area contributed by atoms with Crippen molar-refractivity contribution < 1.29 is 4.79 Å². The Labute approximate surface area is 180 Å². The fraction of sp³-hybridized carbons (Fsp3) is 0.238. The Hall–Kier alpha value is -2.72. The molecule has 1 aliphatic heterocycles. The summed E-state index contributed by atoms with van der Waals surface area (Å²) >= 11 is 11.9. The molecular formula is C21H21Cl2N5O. The van der Waals surface area contributed by atoms with Crippen LogP contribution in [0.3, 0.4) is 0 Å². The maximum atomic E-state index is 12.3. The van der Waals surface area contributed by atoms with Crippen LogP contribution in [0.2, 0.25) is 10.0 Å². The van der Waals surface area contributed by atoms with E-state index in [9.17, 15) is 10.1 Å². The molecule has 0 unspecified atom stereocenters. The molecule has 0 aliphatic carbocycles. The van der Waals surface area contributed by atoms with Gasteiger partial charge in [-0.25, -0.2) is 0 Å². The van der Waals surface area contributed by atoms with Crippen molar-refractivity contribution in [1.82, 2.24) is 4.90 Å². The van der Waals surface area contributed by atoms with Gasteiger partial charge in [-0.2, -0.15) is 5.26 Å². The van der Waals surface area contributed by atoms with Crippen LogP contribution in [0.15, 0.2) is 54.2 Å². The zero-order valence-corrected chi connectivity index (χ0v) is 17.5. The van der Waals surface area contributed by atoms with Crippen molar-refractivity contribution in [2.45, 2.75) is 0 Å². The highest BCUT2D eigenvalue weighted by atomic mass is 35.5. The van der Waals surface area contributed by atoms with Gasteiger partial charge in [0.15, 0.2) is 0 Å². The minimum absolute atomic E-state index is 0.0702. The van der Waals surface area contributed by atoms with E-state index < -0.39 is 5.91 Å². The van der Waals surface area contributed by atoms with E-state index in [-0.39, 0.29) is 5.57 Å². The molecule has 1 heterocycles. The molecule has 0 atom stereocenters. The fourth-order valence-electron chi connectivity index (χ4n) is 2.92. The molecule has 29 heavy (non-hydrogen) atoms. The van der Waals surface area contributed by atoms with Gasteiger partial charge in [-0.15, -0.1) is 0 Å². The van der Waals surface area contributed by atoms with Gasteiger partial charge in [-0.1, -0.05) is 23.2 Å². The molecule has 0 radical (unpaired) electrons. The first-order chi connectivity index (χ1) is 14.0. The molecule has 150 valence electrons. The number of carbonyl (C=O) groups is 1. The lowest BCUT2D eigenvalue weighted by Crippen LogP contribution is -2.44. The molecule has 3 rings (SSSR count). The van der Waals surface area contributed by atoms with Crippen molar-refractivity contribution >= 4 is 46.2 Å². The Morgan fingerprint density at radius 2 is 1.79 bits per heavy atom. The molecule has 2 aromatic rings. The number of nitrogens with one attached hydrogen (secondary N) is 2. The third-order valence-electron chi connectivity index (χ3n) is 4.66. The van der Waals surface area contributed by atoms with E-state index in [4.69, 9.17) is 23.2 Å². The summed E-state index contributed by atoms with van der Waals surface area (Å²) in [6.45, 7) is 4.08. The number of amides is 1. The van der Waals surface area contributed by atoms with E-state index in [2.05, 4.69) is 27.5 Å². The van der Waals surface area contributed by atoms with Crippen LogP contribution in [0.4, 0.5) is 17.1 Å². The number of benzene rings is 2. The molecule has 8 heteroatoms. The quantitative estimate of drug-likeness (QED) is 0.550.